The monoisotopic (exact) mass is 277 g/mol. The zero-order valence-electron chi connectivity index (χ0n) is 9.67. The number of hydrogen-bond donors (Lipinski definition) is 0. The molecule has 6 nitrogen and oxygen atoms in total. The summed E-state index contributed by atoms with van der Waals surface area (Å²) in [7, 11) is 0. The van der Waals surface area contributed by atoms with Gasteiger partial charge < -0.3 is 4.74 Å². The Hall–Kier alpha value is -2.21. The van der Waals surface area contributed by atoms with Gasteiger partial charge in [0.15, 0.2) is 5.69 Å². The minimum absolute atomic E-state index is 0.0163. The molecule has 0 bridgehead atoms. The third-order valence-electron chi connectivity index (χ3n) is 2.90. The van der Waals surface area contributed by atoms with Gasteiger partial charge in [-0.15, -0.1) is 0 Å². The molecule has 0 atom stereocenters. The minimum Gasteiger partial charge on any atom is -0.493 e. The number of hydrogen-bond acceptors (Lipinski definition) is 5. The molecule has 0 saturated heterocycles. The first kappa shape index (κ1) is 11.9. The van der Waals surface area contributed by atoms with Crippen LogP contribution in [0.1, 0.15) is 5.56 Å². The molecule has 1 aliphatic rings. The van der Waals surface area contributed by atoms with E-state index in [2.05, 4.69) is 9.97 Å². The van der Waals surface area contributed by atoms with Gasteiger partial charge >= 0.3 is 5.69 Å². The first-order valence-corrected chi connectivity index (χ1v) is 5.96. The summed E-state index contributed by atoms with van der Waals surface area (Å²) in [6, 6.07) is 5.36. The van der Waals surface area contributed by atoms with Crippen molar-refractivity contribution in [1.29, 1.82) is 0 Å². The number of fused-ring (bicyclic) bond motifs is 1. The van der Waals surface area contributed by atoms with Crippen molar-refractivity contribution in [2.24, 2.45) is 0 Å². The van der Waals surface area contributed by atoms with Crippen LogP contribution in [-0.4, -0.2) is 21.5 Å². The number of nitrogens with zero attached hydrogens (tertiary/aromatic N) is 3. The summed E-state index contributed by atoms with van der Waals surface area (Å²) < 4.78 is 5.40. The Morgan fingerprint density at radius 3 is 3.05 bits per heavy atom. The van der Waals surface area contributed by atoms with Crippen molar-refractivity contribution in [2.75, 3.05) is 6.61 Å². The molecule has 19 heavy (non-hydrogen) atoms. The summed E-state index contributed by atoms with van der Waals surface area (Å²) in [6.07, 6.45) is 1.91. The molecule has 0 amide bonds. The molecule has 0 aliphatic carbocycles. The zero-order chi connectivity index (χ0) is 13.4. The molecule has 2 heterocycles. The van der Waals surface area contributed by atoms with Crippen LogP contribution in [0.3, 0.4) is 0 Å². The molecule has 0 spiro atoms. The average Bonchev–Trinajstić information content (AvgIpc) is 2.85. The molecule has 7 heteroatoms. The van der Waals surface area contributed by atoms with Crippen LogP contribution in [0.2, 0.25) is 5.28 Å². The van der Waals surface area contributed by atoms with Crippen LogP contribution < -0.4 is 4.74 Å². The Bertz CT molecular complexity index is 675. The van der Waals surface area contributed by atoms with Crippen molar-refractivity contribution in [1.82, 2.24) is 9.97 Å². The van der Waals surface area contributed by atoms with Gasteiger partial charge in [-0.05, 0) is 35.4 Å². The molecular weight excluding hydrogens is 270 g/mol. The van der Waals surface area contributed by atoms with E-state index in [1.807, 2.05) is 6.07 Å². The lowest BCUT2D eigenvalue weighted by atomic mass is 10.1. The predicted octanol–water partition coefficient (Wildman–Crippen LogP) is 2.64. The van der Waals surface area contributed by atoms with Crippen LogP contribution in [0.25, 0.3) is 11.3 Å². The van der Waals surface area contributed by atoms with Gasteiger partial charge in [0.1, 0.15) is 11.9 Å². The maximum atomic E-state index is 11.0. The lowest BCUT2D eigenvalue weighted by Crippen LogP contribution is -1.97. The maximum absolute atomic E-state index is 11.0. The Morgan fingerprint density at radius 2 is 2.26 bits per heavy atom. The SMILES string of the molecule is O=[N+]([O-])c1cnc(Cl)nc1-c1ccc2c(c1)CCO2. The molecule has 1 aromatic carbocycles. The van der Waals surface area contributed by atoms with Gasteiger partial charge in [0, 0.05) is 12.0 Å². The van der Waals surface area contributed by atoms with Gasteiger partial charge in [0.2, 0.25) is 5.28 Å². The summed E-state index contributed by atoms with van der Waals surface area (Å²) in [5, 5.41) is 11.0. The van der Waals surface area contributed by atoms with E-state index in [4.69, 9.17) is 16.3 Å². The van der Waals surface area contributed by atoms with Crippen molar-refractivity contribution in [3.8, 4) is 17.0 Å². The van der Waals surface area contributed by atoms with Crippen LogP contribution in [-0.2, 0) is 6.42 Å². The van der Waals surface area contributed by atoms with E-state index in [1.165, 1.54) is 0 Å². The third-order valence-corrected chi connectivity index (χ3v) is 3.08. The number of aromatic nitrogens is 2. The summed E-state index contributed by atoms with van der Waals surface area (Å²) in [5.41, 5.74) is 1.71. The molecule has 1 aromatic heterocycles. The Morgan fingerprint density at radius 1 is 1.42 bits per heavy atom. The lowest BCUT2D eigenvalue weighted by Gasteiger charge is -2.04. The summed E-state index contributed by atoms with van der Waals surface area (Å²) in [6.45, 7) is 0.630. The second-order valence-corrected chi connectivity index (χ2v) is 4.39. The quantitative estimate of drug-likeness (QED) is 0.479. The van der Waals surface area contributed by atoms with E-state index in [1.54, 1.807) is 12.1 Å². The lowest BCUT2D eigenvalue weighted by molar-refractivity contribution is -0.384. The Labute approximate surface area is 113 Å². The number of benzene rings is 1. The summed E-state index contributed by atoms with van der Waals surface area (Å²) in [4.78, 5) is 18.1. The van der Waals surface area contributed by atoms with Crippen molar-refractivity contribution in [3.05, 3.63) is 45.4 Å². The smallest absolute Gasteiger partial charge is 0.313 e. The number of halogens is 1. The normalized spacial score (nSPS) is 12.9. The van der Waals surface area contributed by atoms with Gasteiger partial charge in [-0.2, -0.15) is 0 Å². The number of nitro groups is 1. The van der Waals surface area contributed by atoms with E-state index >= 15 is 0 Å². The van der Waals surface area contributed by atoms with Crippen molar-refractivity contribution in [3.63, 3.8) is 0 Å². The van der Waals surface area contributed by atoms with Gasteiger partial charge in [-0.1, -0.05) is 0 Å². The number of ether oxygens (including phenoxy) is 1. The molecule has 0 radical (unpaired) electrons. The second-order valence-electron chi connectivity index (χ2n) is 4.05. The fraction of sp³-hybridized carbons (Fsp3) is 0.167. The topological polar surface area (TPSA) is 78.2 Å². The standard InChI is InChI=1S/C12H8ClN3O3/c13-12-14-6-9(16(17)18)11(15-12)8-1-2-10-7(5-8)3-4-19-10/h1-2,5-6H,3-4H2. The average molecular weight is 278 g/mol. The van der Waals surface area contributed by atoms with E-state index in [0.717, 1.165) is 23.9 Å². The van der Waals surface area contributed by atoms with Crippen LogP contribution >= 0.6 is 11.6 Å². The minimum atomic E-state index is -0.518. The molecule has 0 N–H and O–H groups in total. The first-order chi connectivity index (χ1) is 9.15. The molecule has 1 aliphatic heterocycles. The van der Waals surface area contributed by atoms with Crippen molar-refractivity contribution in [2.45, 2.75) is 6.42 Å². The highest BCUT2D eigenvalue weighted by Gasteiger charge is 2.21. The van der Waals surface area contributed by atoms with Crippen LogP contribution in [0.5, 0.6) is 5.75 Å². The highest BCUT2D eigenvalue weighted by Crippen LogP contribution is 2.33. The third kappa shape index (κ3) is 2.10. The molecule has 0 unspecified atom stereocenters. The highest BCUT2D eigenvalue weighted by atomic mass is 35.5. The molecule has 0 saturated carbocycles. The van der Waals surface area contributed by atoms with E-state index in [-0.39, 0.29) is 16.7 Å². The van der Waals surface area contributed by atoms with Crippen molar-refractivity contribution < 1.29 is 9.66 Å². The predicted molar refractivity (Wildman–Crippen MR) is 68.3 cm³/mol. The van der Waals surface area contributed by atoms with Crippen LogP contribution in [0, 0.1) is 10.1 Å². The maximum Gasteiger partial charge on any atom is 0.313 e. The first-order valence-electron chi connectivity index (χ1n) is 5.58. The van der Waals surface area contributed by atoms with Gasteiger partial charge in [-0.25, -0.2) is 9.97 Å². The van der Waals surface area contributed by atoms with Gasteiger partial charge in [0.25, 0.3) is 0 Å². The van der Waals surface area contributed by atoms with E-state index < -0.39 is 4.92 Å². The Balaban J connectivity index is 2.16. The Kier molecular flexibility index (Phi) is 2.79. The fourth-order valence-electron chi connectivity index (χ4n) is 2.03. The summed E-state index contributed by atoms with van der Waals surface area (Å²) in [5.74, 6) is 0.812. The summed E-state index contributed by atoms with van der Waals surface area (Å²) >= 11 is 5.72. The molecule has 2 aromatic rings. The molecule has 96 valence electrons. The molecular formula is C12H8ClN3O3. The highest BCUT2D eigenvalue weighted by molar-refractivity contribution is 6.28. The van der Waals surface area contributed by atoms with Crippen molar-refractivity contribution >= 4 is 17.3 Å². The van der Waals surface area contributed by atoms with E-state index in [9.17, 15) is 10.1 Å². The molecule has 3 rings (SSSR count). The van der Waals surface area contributed by atoms with E-state index in [0.29, 0.717) is 12.2 Å². The number of rotatable bonds is 2. The van der Waals surface area contributed by atoms with Crippen LogP contribution in [0.15, 0.2) is 24.4 Å². The zero-order valence-corrected chi connectivity index (χ0v) is 10.4. The fourth-order valence-corrected chi connectivity index (χ4v) is 2.17. The van der Waals surface area contributed by atoms with Gasteiger partial charge in [0.05, 0.1) is 11.5 Å². The van der Waals surface area contributed by atoms with Gasteiger partial charge in [-0.3, -0.25) is 10.1 Å². The van der Waals surface area contributed by atoms with Crippen LogP contribution in [0.4, 0.5) is 5.69 Å². The molecule has 0 fully saturated rings. The largest absolute Gasteiger partial charge is 0.493 e. The second kappa shape index (κ2) is 4.47.